The van der Waals surface area contributed by atoms with Crippen molar-refractivity contribution in [3.8, 4) is 0 Å². The van der Waals surface area contributed by atoms with Crippen molar-refractivity contribution in [2.24, 2.45) is 0 Å². The Morgan fingerprint density at radius 1 is 1.22 bits per heavy atom. The van der Waals surface area contributed by atoms with Crippen LogP contribution in [0.15, 0.2) is 30.3 Å². The summed E-state index contributed by atoms with van der Waals surface area (Å²) >= 11 is 0. The monoisotopic (exact) mass is 366 g/mol. The fraction of sp³-hybridized carbons (Fsp3) is 0.545. The van der Waals surface area contributed by atoms with Crippen LogP contribution in [0.1, 0.15) is 54.1 Å². The Hall–Kier alpha value is -2.14. The van der Waals surface area contributed by atoms with E-state index < -0.39 is 0 Å². The molecule has 1 fully saturated rings. The molecule has 1 atom stereocenters. The van der Waals surface area contributed by atoms with E-state index in [-0.39, 0.29) is 5.91 Å². The molecule has 5 nitrogen and oxygen atoms in total. The molecule has 5 heteroatoms. The largest absolute Gasteiger partial charge is 0.355 e. The molecule has 0 radical (unpaired) electrons. The lowest BCUT2D eigenvalue weighted by molar-refractivity contribution is -0.121. The summed E-state index contributed by atoms with van der Waals surface area (Å²) in [5.41, 5.74) is 5.20. The van der Waals surface area contributed by atoms with Gasteiger partial charge in [-0.05, 0) is 55.7 Å². The van der Waals surface area contributed by atoms with E-state index >= 15 is 0 Å². The summed E-state index contributed by atoms with van der Waals surface area (Å²) in [6.07, 6.45) is 7.20. The predicted octanol–water partition coefficient (Wildman–Crippen LogP) is 2.83. The molecular weight excluding hydrogens is 336 g/mol. The summed E-state index contributed by atoms with van der Waals surface area (Å²) in [6.45, 7) is 3.89. The lowest BCUT2D eigenvalue weighted by Gasteiger charge is -2.16. The zero-order chi connectivity index (χ0) is 18.5. The van der Waals surface area contributed by atoms with Crippen LogP contribution in [-0.4, -0.2) is 47.2 Å². The van der Waals surface area contributed by atoms with E-state index in [1.165, 1.54) is 36.1 Å². The number of nitrogens with one attached hydrogen (secondary N) is 2. The number of carbonyl (C=O) groups is 1. The van der Waals surface area contributed by atoms with Gasteiger partial charge in [0.1, 0.15) is 0 Å². The van der Waals surface area contributed by atoms with Gasteiger partial charge >= 0.3 is 0 Å². The van der Waals surface area contributed by atoms with Crippen molar-refractivity contribution in [1.82, 2.24) is 20.4 Å². The van der Waals surface area contributed by atoms with Gasteiger partial charge in [-0.25, -0.2) is 0 Å². The van der Waals surface area contributed by atoms with Gasteiger partial charge in [0.15, 0.2) is 0 Å². The van der Waals surface area contributed by atoms with Crippen LogP contribution in [0, 0.1) is 0 Å². The number of fused-ring (bicyclic) bond motifs is 1. The molecule has 1 aliphatic heterocycles. The maximum Gasteiger partial charge on any atom is 0.220 e. The number of nitrogens with zero attached hydrogens (tertiary/aromatic N) is 2. The first-order chi connectivity index (χ1) is 13.3. The number of aryl methyl sites for hydroxylation is 2. The number of aromatic amines is 1. The van der Waals surface area contributed by atoms with Gasteiger partial charge in [0.25, 0.3) is 0 Å². The van der Waals surface area contributed by atoms with Crippen molar-refractivity contribution >= 4 is 5.91 Å². The van der Waals surface area contributed by atoms with Gasteiger partial charge in [0, 0.05) is 38.2 Å². The highest BCUT2D eigenvalue weighted by Crippen LogP contribution is 2.26. The van der Waals surface area contributed by atoms with Gasteiger partial charge in [-0.2, -0.15) is 5.10 Å². The molecule has 0 spiro atoms. The lowest BCUT2D eigenvalue weighted by atomic mass is 9.95. The molecule has 1 saturated heterocycles. The number of likely N-dealkylation sites (tertiary alicyclic amines) is 1. The summed E-state index contributed by atoms with van der Waals surface area (Å²) in [5.74, 6) is 0.772. The van der Waals surface area contributed by atoms with Crippen molar-refractivity contribution in [3.05, 3.63) is 52.8 Å². The van der Waals surface area contributed by atoms with Gasteiger partial charge in [0.05, 0.1) is 5.69 Å². The number of amides is 1. The minimum atomic E-state index is 0.140. The van der Waals surface area contributed by atoms with Gasteiger partial charge in [-0.1, -0.05) is 30.3 Å². The zero-order valence-corrected chi connectivity index (χ0v) is 16.0. The fourth-order valence-electron chi connectivity index (χ4n) is 4.46. The summed E-state index contributed by atoms with van der Waals surface area (Å²) in [5, 5.41) is 10.7. The van der Waals surface area contributed by atoms with E-state index in [9.17, 15) is 4.79 Å². The van der Waals surface area contributed by atoms with E-state index in [1.807, 2.05) is 0 Å². The van der Waals surface area contributed by atoms with E-state index in [4.69, 9.17) is 0 Å². The smallest absolute Gasteiger partial charge is 0.220 e. The molecule has 2 aromatic rings. The maximum atomic E-state index is 12.2. The Bertz CT molecular complexity index is 755. The van der Waals surface area contributed by atoms with Crippen molar-refractivity contribution in [2.75, 3.05) is 26.2 Å². The molecule has 4 rings (SSSR count). The first-order valence-corrected chi connectivity index (χ1v) is 10.4. The van der Waals surface area contributed by atoms with Crippen molar-refractivity contribution in [1.29, 1.82) is 0 Å². The number of H-pyrrole nitrogens is 1. The first-order valence-electron chi connectivity index (χ1n) is 10.4. The van der Waals surface area contributed by atoms with E-state index in [1.54, 1.807) is 0 Å². The van der Waals surface area contributed by atoms with Crippen molar-refractivity contribution in [2.45, 2.75) is 50.9 Å². The van der Waals surface area contributed by atoms with E-state index in [2.05, 4.69) is 50.7 Å². The summed E-state index contributed by atoms with van der Waals surface area (Å²) in [4.78, 5) is 14.7. The van der Waals surface area contributed by atoms with Crippen molar-refractivity contribution in [3.63, 3.8) is 0 Å². The molecule has 1 amide bonds. The summed E-state index contributed by atoms with van der Waals surface area (Å²) < 4.78 is 0. The molecule has 27 heavy (non-hydrogen) atoms. The Kier molecular flexibility index (Phi) is 5.87. The van der Waals surface area contributed by atoms with Crippen LogP contribution in [-0.2, 0) is 24.1 Å². The third-order valence-corrected chi connectivity index (χ3v) is 6.02. The van der Waals surface area contributed by atoms with Gasteiger partial charge in [-0.3, -0.25) is 9.89 Å². The Morgan fingerprint density at radius 2 is 2.07 bits per heavy atom. The fourth-order valence-corrected chi connectivity index (χ4v) is 4.46. The molecule has 0 unspecified atom stereocenters. The number of aromatic nitrogens is 2. The van der Waals surface area contributed by atoms with Crippen LogP contribution in [0.5, 0.6) is 0 Å². The Labute approximate surface area is 161 Å². The van der Waals surface area contributed by atoms with Crippen LogP contribution in [0.3, 0.4) is 0 Å². The number of benzene rings is 1. The second kappa shape index (κ2) is 8.70. The van der Waals surface area contributed by atoms with Gasteiger partial charge in [0.2, 0.25) is 5.91 Å². The predicted molar refractivity (Wildman–Crippen MR) is 107 cm³/mol. The minimum absolute atomic E-state index is 0.140. The molecule has 0 bridgehead atoms. The highest BCUT2D eigenvalue weighted by molar-refractivity contribution is 5.76. The Balaban J connectivity index is 1.16. The van der Waals surface area contributed by atoms with Crippen LogP contribution < -0.4 is 5.32 Å². The van der Waals surface area contributed by atoms with Gasteiger partial charge < -0.3 is 10.2 Å². The normalized spacial score (nSPS) is 19.8. The minimum Gasteiger partial charge on any atom is -0.355 e. The zero-order valence-electron chi connectivity index (χ0n) is 16.0. The van der Waals surface area contributed by atoms with Crippen LogP contribution in [0.25, 0.3) is 0 Å². The lowest BCUT2D eigenvalue weighted by Crippen LogP contribution is -2.33. The van der Waals surface area contributed by atoms with E-state index in [0.29, 0.717) is 12.3 Å². The molecule has 144 valence electrons. The molecule has 2 aliphatic rings. The average Bonchev–Trinajstić information content (AvgIpc) is 3.34. The van der Waals surface area contributed by atoms with E-state index in [0.717, 1.165) is 51.1 Å². The molecule has 0 saturated carbocycles. The molecule has 1 aliphatic carbocycles. The third-order valence-electron chi connectivity index (χ3n) is 6.02. The number of hydrogen-bond donors (Lipinski definition) is 2. The SMILES string of the molecule is O=C(CCc1n[nH]c2c1CCCC2)NCCN1CC[C@@H](c2ccccc2)C1. The van der Waals surface area contributed by atoms with Crippen LogP contribution in [0.4, 0.5) is 0 Å². The molecular formula is C22H30N4O. The second-order valence-electron chi connectivity index (χ2n) is 7.88. The highest BCUT2D eigenvalue weighted by atomic mass is 16.1. The topological polar surface area (TPSA) is 61.0 Å². The highest BCUT2D eigenvalue weighted by Gasteiger charge is 2.23. The molecule has 1 aromatic carbocycles. The number of hydrogen-bond acceptors (Lipinski definition) is 3. The molecule has 2 heterocycles. The first kappa shape index (κ1) is 18.2. The Morgan fingerprint density at radius 3 is 2.96 bits per heavy atom. The average molecular weight is 367 g/mol. The van der Waals surface area contributed by atoms with Crippen LogP contribution >= 0.6 is 0 Å². The quantitative estimate of drug-likeness (QED) is 0.792. The second-order valence-corrected chi connectivity index (χ2v) is 7.88. The summed E-state index contributed by atoms with van der Waals surface area (Å²) in [6, 6.07) is 10.8. The van der Waals surface area contributed by atoms with Crippen molar-refractivity contribution < 1.29 is 4.79 Å². The molecule has 2 N–H and O–H groups in total. The number of rotatable bonds is 7. The third kappa shape index (κ3) is 4.59. The standard InChI is InChI=1S/C22H30N4O/c27-22(11-10-21-19-8-4-5-9-20(19)24-25-21)23-13-15-26-14-12-18(16-26)17-6-2-1-3-7-17/h1-3,6-7,18H,4-5,8-16H2,(H,23,27)(H,24,25)/t18-/m1/s1. The maximum absolute atomic E-state index is 12.2. The molecule has 1 aromatic heterocycles. The summed E-state index contributed by atoms with van der Waals surface area (Å²) in [7, 11) is 0. The number of carbonyl (C=O) groups excluding carboxylic acids is 1. The van der Waals surface area contributed by atoms with Gasteiger partial charge in [-0.15, -0.1) is 0 Å². The van der Waals surface area contributed by atoms with Crippen LogP contribution in [0.2, 0.25) is 0 Å².